The first kappa shape index (κ1) is 15.9. The summed E-state index contributed by atoms with van der Waals surface area (Å²) in [5.41, 5.74) is 8.22. The molecule has 4 heteroatoms. The summed E-state index contributed by atoms with van der Waals surface area (Å²) in [5, 5.41) is 0. The topological polar surface area (TPSA) is 61.5 Å². The number of anilines is 1. The summed E-state index contributed by atoms with van der Waals surface area (Å²) >= 11 is 0. The average Bonchev–Trinajstić information content (AvgIpc) is 2.45. The van der Waals surface area contributed by atoms with Crippen LogP contribution in [-0.2, 0) is 4.74 Å². The van der Waals surface area contributed by atoms with E-state index in [0.29, 0.717) is 17.0 Å². The number of para-hydroxylation sites is 1. The van der Waals surface area contributed by atoms with E-state index in [4.69, 9.17) is 15.2 Å². The maximum absolute atomic E-state index is 12.3. The lowest BCUT2D eigenvalue weighted by Crippen LogP contribution is -2.23. The number of nitrogens with two attached hydrogens (primary N) is 1. The van der Waals surface area contributed by atoms with E-state index in [1.165, 1.54) is 0 Å². The highest BCUT2D eigenvalue weighted by Gasteiger charge is 2.19. The summed E-state index contributed by atoms with van der Waals surface area (Å²) < 4.78 is 10.7. The molecule has 0 saturated carbocycles. The Bertz CT molecular complexity index is 687. The first-order valence-corrected chi connectivity index (χ1v) is 7.07. The van der Waals surface area contributed by atoms with Crippen LogP contribution >= 0.6 is 0 Å². The Morgan fingerprint density at radius 3 is 2.36 bits per heavy atom. The predicted octanol–water partition coefficient (Wildman–Crippen LogP) is 3.90. The minimum absolute atomic E-state index is 0.387. The lowest BCUT2D eigenvalue weighted by molar-refractivity contribution is 0.00692. The van der Waals surface area contributed by atoms with Crippen LogP contribution in [0.25, 0.3) is 11.1 Å². The molecule has 0 unspecified atom stereocenters. The molecule has 116 valence electrons. The minimum Gasteiger partial charge on any atom is -0.497 e. The molecule has 2 rings (SSSR count). The molecule has 0 atom stereocenters. The first-order chi connectivity index (χ1) is 10.3. The van der Waals surface area contributed by atoms with Crippen molar-refractivity contribution in [1.29, 1.82) is 0 Å². The van der Waals surface area contributed by atoms with Gasteiger partial charge < -0.3 is 15.2 Å². The van der Waals surface area contributed by atoms with E-state index in [1.54, 1.807) is 19.2 Å². The van der Waals surface area contributed by atoms with E-state index < -0.39 is 5.60 Å². The van der Waals surface area contributed by atoms with Gasteiger partial charge in [-0.15, -0.1) is 0 Å². The number of esters is 1. The summed E-state index contributed by atoms with van der Waals surface area (Å²) in [6, 6.07) is 12.8. The van der Waals surface area contributed by atoms with Gasteiger partial charge in [-0.3, -0.25) is 0 Å². The molecule has 4 nitrogen and oxygen atoms in total. The van der Waals surface area contributed by atoms with E-state index >= 15 is 0 Å². The Hall–Kier alpha value is -2.49. The van der Waals surface area contributed by atoms with Crippen molar-refractivity contribution in [3.05, 3.63) is 48.0 Å². The Labute approximate surface area is 130 Å². The van der Waals surface area contributed by atoms with Crippen molar-refractivity contribution in [1.82, 2.24) is 0 Å². The standard InChI is InChI=1S/C18H21NO3/c1-18(2,3)22-17(20)13-9-12(10-14(11-13)21-4)15-7-5-6-8-16(15)19/h5-11H,19H2,1-4H3. The van der Waals surface area contributed by atoms with Gasteiger partial charge in [0.05, 0.1) is 12.7 Å². The third-order valence-electron chi connectivity index (χ3n) is 3.05. The second-order valence-corrected chi connectivity index (χ2v) is 6.04. The van der Waals surface area contributed by atoms with Gasteiger partial charge in [-0.2, -0.15) is 0 Å². The second-order valence-electron chi connectivity index (χ2n) is 6.04. The second kappa shape index (κ2) is 6.10. The van der Waals surface area contributed by atoms with Crippen molar-refractivity contribution in [2.24, 2.45) is 0 Å². The summed E-state index contributed by atoms with van der Waals surface area (Å²) in [6.07, 6.45) is 0. The average molecular weight is 299 g/mol. The van der Waals surface area contributed by atoms with Crippen molar-refractivity contribution in [2.45, 2.75) is 26.4 Å². The molecule has 0 bridgehead atoms. The molecule has 0 saturated heterocycles. The third-order valence-corrected chi connectivity index (χ3v) is 3.05. The van der Waals surface area contributed by atoms with Crippen molar-refractivity contribution < 1.29 is 14.3 Å². The van der Waals surface area contributed by atoms with Gasteiger partial charge in [0.15, 0.2) is 0 Å². The Balaban J connectivity index is 2.47. The van der Waals surface area contributed by atoms with Gasteiger partial charge in [0.2, 0.25) is 0 Å². The van der Waals surface area contributed by atoms with Gasteiger partial charge in [0.25, 0.3) is 0 Å². The number of carbonyl (C=O) groups is 1. The molecule has 2 aromatic carbocycles. The molecule has 0 amide bonds. The van der Waals surface area contributed by atoms with Gasteiger partial charge >= 0.3 is 5.97 Å². The normalized spacial score (nSPS) is 11.1. The van der Waals surface area contributed by atoms with Gasteiger partial charge in [0, 0.05) is 11.3 Å². The van der Waals surface area contributed by atoms with Crippen LogP contribution in [0.5, 0.6) is 5.75 Å². The minimum atomic E-state index is -0.550. The number of nitrogen functional groups attached to an aromatic ring is 1. The summed E-state index contributed by atoms with van der Waals surface area (Å²) in [7, 11) is 1.56. The highest BCUT2D eigenvalue weighted by molar-refractivity contribution is 5.93. The van der Waals surface area contributed by atoms with Crippen LogP contribution in [0.15, 0.2) is 42.5 Å². The molecule has 2 aromatic rings. The molecule has 0 fully saturated rings. The quantitative estimate of drug-likeness (QED) is 0.689. The smallest absolute Gasteiger partial charge is 0.338 e. The van der Waals surface area contributed by atoms with E-state index in [1.807, 2.05) is 51.1 Å². The van der Waals surface area contributed by atoms with Crippen molar-refractivity contribution in [2.75, 3.05) is 12.8 Å². The molecule has 0 spiro atoms. The van der Waals surface area contributed by atoms with E-state index in [2.05, 4.69) is 0 Å². The van der Waals surface area contributed by atoms with E-state index in [0.717, 1.165) is 11.1 Å². The summed E-state index contributed by atoms with van der Waals surface area (Å²) in [4.78, 5) is 12.3. The molecule has 2 N–H and O–H groups in total. The number of hydrogen-bond donors (Lipinski definition) is 1. The number of ether oxygens (including phenoxy) is 2. The highest BCUT2D eigenvalue weighted by Crippen LogP contribution is 2.30. The zero-order valence-electron chi connectivity index (χ0n) is 13.3. The zero-order valence-corrected chi connectivity index (χ0v) is 13.3. The van der Waals surface area contributed by atoms with Crippen LogP contribution in [0.3, 0.4) is 0 Å². The number of methoxy groups -OCH3 is 1. The van der Waals surface area contributed by atoms with Crippen molar-refractivity contribution >= 4 is 11.7 Å². The molecule has 0 aromatic heterocycles. The van der Waals surface area contributed by atoms with Crippen LogP contribution in [0.4, 0.5) is 5.69 Å². The maximum atomic E-state index is 12.3. The number of benzene rings is 2. The monoisotopic (exact) mass is 299 g/mol. The third kappa shape index (κ3) is 3.79. The lowest BCUT2D eigenvalue weighted by Gasteiger charge is -2.20. The predicted molar refractivity (Wildman–Crippen MR) is 88.0 cm³/mol. The zero-order chi connectivity index (χ0) is 16.3. The van der Waals surface area contributed by atoms with Crippen LogP contribution < -0.4 is 10.5 Å². The molecular weight excluding hydrogens is 278 g/mol. The number of carbonyl (C=O) groups excluding carboxylic acids is 1. The molecule has 0 aliphatic rings. The number of hydrogen-bond acceptors (Lipinski definition) is 4. The molecule has 0 aliphatic carbocycles. The molecule has 0 radical (unpaired) electrons. The van der Waals surface area contributed by atoms with E-state index in [9.17, 15) is 4.79 Å². The van der Waals surface area contributed by atoms with Crippen LogP contribution in [0.1, 0.15) is 31.1 Å². The number of rotatable bonds is 3. The van der Waals surface area contributed by atoms with Crippen LogP contribution in [0, 0.1) is 0 Å². The van der Waals surface area contributed by atoms with Crippen LogP contribution in [0.2, 0.25) is 0 Å². The maximum Gasteiger partial charge on any atom is 0.338 e. The lowest BCUT2D eigenvalue weighted by atomic mass is 10.0. The van der Waals surface area contributed by atoms with Gasteiger partial charge in [-0.05, 0) is 50.6 Å². The Morgan fingerprint density at radius 1 is 1.09 bits per heavy atom. The molecule has 0 aliphatic heterocycles. The fraction of sp³-hybridized carbons (Fsp3) is 0.278. The highest BCUT2D eigenvalue weighted by atomic mass is 16.6. The largest absolute Gasteiger partial charge is 0.497 e. The molecule has 0 heterocycles. The summed E-state index contributed by atoms with van der Waals surface area (Å²) in [6.45, 7) is 5.50. The van der Waals surface area contributed by atoms with Crippen LogP contribution in [-0.4, -0.2) is 18.7 Å². The van der Waals surface area contributed by atoms with E-state index in [-0.39, 0.29) is 5.97 Å². The van der Waals surface area contributed by atoms with Crippen molar-refractivity contribution in [3.63, 3.8) is 0 Å². The molecular formula is C18H21NO3. The SMILES string of the molecule is COc1cc(C(=O)OC(C)(C)C)cc(-c2ccccc2N)c1. The van der Waals surface area contributed by atoms with Gasteiger partial charge in [-0.25, -0.2) is 4.79 Å². The van der Waals surface area contributed by atoms with Gasteiger partial charge in [0.1, 0.15) is 11.4 Å². The fourth-order valence-electron chi connectivity index (χ4n) is 2.09. The fourth-order valence-corrected chi connectivity index (χ4v) is 2.09. The Kier molecular flexibility index (Phi) is 4.40. The Morgan fingerprint density at radius 2 is 1.77 bits per heavy atom. The van der Waals surface area contributed by atoms with Crippen molar-refractivity contribution in [3.8, 4) is 16.9 Å². The summed E-state index contributed by atoms with van der Waals surface area (Å²) in [5.74, 6) is 0.198. The first-order valence-electron chi connectivity index (χ1n) is 7.07. The molecule has 22 heavy (non-hydrogen) atoms. The van der Waals surface area contributed by atoms with Gasteiger partial charge in [-0.1, -0.05) is 18.2 Å².